The Balaban J connectivity index is -0.000000183. The summed E-state index contributed by atoms with van der Waals surface area (Å²) in [5, 5.41) is 28.6. The molecule has 168 valence electrons. The molecule has 1 atom stereocenters. The van der Waals surface area contributed by atoms with Crippen LogP contribution in [0.25, 0.3) is 5.32 Å². The first-order valence-corrected chi connectivity index (χ1v) is 9.67. The van der Waals surface area contributed by atoms with E-state index in [1.807, 2.05) is 13.8 Å². The van der Waals surface area contributed by atoms with E-state index in [1.54, 1.807) is 47.7 Å². The van der Waals surface area contributed by atoms with E-state index >= 15 is 0 Å². The minimum Gasteiger partial charge on any atom is -0.642 e. The first-order chi connectivity index (χ1) is 12.4. The summed E-state index contributed by atoms with van der Waals surface area (Å²) in [7, 11) is 0. The Morgan fingerprint density at radius 1 is 0.857 bits per heavy atom. The smallest absolute Gasteiger partial charge is 0.173 e. The number of hydrogen-bond donors (Lipinski definition) is 3. The summed E-state index contributed by atoms with van der Waals surface area (Å²) in [6.45, 7) is 19.6. The van der Waals surface area contributed by atoms with Gasteiger partial charge in [-0.05, 0) is 61.4 Å². The molecule has 0 spiro atoms. The molecular formula is C20H43N2O5Ti-. The fourth-order valence-electron chi connectivity index (χ4n) is 1.35. The van der Waals surface area contributed by atoms with E-state index in [2.05, 4.69) is 24.2 Å². The molecule has 0 aliphatic carbocycles. The van der Waals surface area contributed by atoms with Crippen LogP contribution in [0.3, 0.4) is 0 Å². The molecule has 7 nitrogen and oxygen atoms in total. The van der Waals surface area contributed by atoms with E-state index in [1.165, 1.54) is 0 Å². The van der Waals surface area contributed by atoms with Crippen molar-refractivity contribution >= 4 is 5.90 Å². The molecule has 0 saturated carbocycles. The average Bonchev–Trinajstić information content (AvgIpc) is 2.47. The molecule has 1 heterocycles. The molecule has 0 saturated heterocycles. The first-order valence-electron chi connectivity index (χ1n) is 9.67. The van der Waals surface area contributed by atoms with Gasteiger partial charge in [-0.1, -0.05) is 19.8 Å². The van der Waals surface area contributed by atoms with Gasteiger partial charge < -0.3 is 30.1 Å². The summed E-state index contributed by atoms with van der Waals surface area (Å²) in [4.78, 5) is 4.24. The van der Waals surface area contributed by atoms with E-state index in [0.29, 0.717) is 30.9 Å². The molecule has 8 heteroatoms. The zero-order chi connectivity index (χ0) is 22.0. The Morgan fingerprint density at radius 3 is 1.50 bits per heavy atom. The predicted molar refractivity (Wildman–Crippen MR) is 113 cm³/mol. The molecule has 28 heavy (non-hydrogen) atoms. The van der Waals surface area contributed by atoms with Crippen molar-refractivity contribution in [3.63, 3.8) is 0 Å². The zero-order valence-electron chi connectivity index (χ0n) is 19.4. The second-order valence-electron chi connectivity index (χ2n) is 6.90. The van der Waals surface area contributed by atoms with E-state index in [-0.39, 0.29) is 46.1 Å². The van der Waals surface area contributed by atoms with Crippen molar-refractivity contribution in [2.24, 2.45) is 10.9 Å². The Bertz CT molecular complexity index is 364. The second kappa shape index (κ2) is 22.7. The number of hydrogen-bond acceptors (Lipinski definition) is 6. The molecule has 0 bridgehead atoms. The molecule has 0 aromatic rings. The van der Waals surface area contributed by atoms with Crippen LogP contribution in [0.2, 0.25) is 0 Å². The maximum absolute atomic E-state index is 8.06. The minimum absolute atomic E-state index is 0. The summed E-state index contributed by atoms with van der Waals surface area (Å²) in [5.41, 5.74) is 0. The molecule has 3 N–H and O–H groups in total. The normalized spacial score (nSPS) is 14.8. The molecule has 0 radical (unpaired) electrons. The summed E-state index contributed by atoms with van der Waals surface area (Å²) in [5.74, 6) is 1.65. The van der Waals surface area contributed by atoms with Crippen LogP contribution in [-0.2, 0) is 31.2 Å². The van der Waals surface area contributed by atoms with Crippen LogP contribution in [0.5, 0.6) is 0 Å². The largest absolute Gasteiger partial charge is 0.642 e. The van der Waals surface area contributed by atoms with E-state index in [9.17, 15) is 0 Å². The Morgan fingerprint density at radius 2 is 1.21 bits per heavy atom. The Kier molecular flexibility index (Phi) is 28.3. The van der Waals surface area contributed by atoms with Crippen LogP contribution in [0.15, 0.2) is 17.1 Å². The summed E-state index contributed by atoms with van der Waals surface area (Å²) in [6.07, 6.45) is 1.12. The molecule has 0 aromatic heterocycles. The van der Waals surface area contributed by atoms with Gasteiger partial charge in [-0.3, -0.25) is 0 Å². The van der Waals surface area contributed by atoms with Gasteiger partial charge >= 0.3 is 0 Å². The fraction of sp³-hybridized carbons (Fsp3) is 0.850. The summed E-state index contributed by atoms with van der Waals surface area (Å²) < 4.78 is 10.8. The van der Waals surface area contributed by atoms with Crippen LogP contribution in [-0.4, -0.2) is 58.8 Å². The van der Waals surface area contributed by atoms with Crippen molar-refractivity contribution in [2.45, 2.75) is 93.6 Å². The molecule has 1 aliphatic heterocycles. The van der Waals surface area contributed by atoms with Crippen LogP contribution in [0, 0.1) is 5.92 Å². The molecule has 0 aromatic carbocycles. The molecule has 1 rings (SSSR count). The van der Waals surface area contributed by atoms with Gasteiger partial charge in [0.15, 0.2) is 5.90 Å². The molecule has 0 fully saturated rings. The van der Waals surface area contributed by atoms with E-state index in [0.717, 1.165) is 0 Å². The van der Waals surface area contributed by atoms with Crippen molar-refractivity contribution in [3.8, 4) is 0 Å². The number of aliphatic imine (C=N–C) groups is 1. The maximum Gasteiger partial charge on any atom is 0.173 e. The van der Waals surface area contributed by atoms with Crippen LogP contribution < -0.4 is 0 Å². The summed E-state index contributed by atoms with van der Waals surface area (Å²) >= 11 is 0. The third-order valence-electron chi connectivity index (χ3n) is 2.04. The predicted octanol–water partition coefficient (Wildman–Crippen LogP) is 3.83. The molecule has 0 amide bonds. The minimum atomic E-state index is -0.167. The zero-order valence-corrected chi connectivity index (χ0v) is 21.0. The van der Waals surface area contributed by atoms with Crippen LogP contribution >= 0.6 is 0 Å². The number of aliphatic hydroxyl groups excluding tert-OH is 3. The van der Waals surface area contributed by atoms with Crippen molar-refractivity contribution in [3.05, 3.63) is 17.4 Å². The van der Waals surface area contributed by atoms with E-state index in [4.69, 9.17) is 24.8 Å². The average molecular weight is 439 g/mol. The number of nitrogens with zero attached hydrogens (tertiary/aromatic N) is 2. The standard InChI is InChI=1S/C11H19N2O2.3C3H8O.Ti/c1-5-14-9-7-12-11(15-6-2)10(13-9)8(3)4;3*1-3(2)4;/h7-8,10H,5-6H2,1-4H3;3*3-4H,1-2H3;/q-1;;;;/t10-;;;;/m1..../s1. The fourth-order valence-corrected chi connectivity index (χ4v) is 1.35. The Hall–Kier alpha value is -0.596. The van der Waals surface area contributed by atoms with Crippen molar-refractivity contribution < 1.29 is 46.5 Å². The van der Waals surface area contributed by atoms with Gasteiger partial charge in [-0.2, -0.15) is 0 Å². The van der Waals surface area contributed by atoms with Gasteiger partial charge in [0.1, 0.15) is 0 Å². The molecule has 0 unspecified atom stereocenters. The molecular weight excluding hydrogens is 396 g/mol. The van der Waals surface area contributed by atoms with Crippen LogP contribution in [0.1, 0.15) is 69.2 Å². The monoisotopic (exact) mass is 439 g/mol. The summed E-state index contributed by atoms with van der Waals surface area (Å²) in [6, 6.07) is -0.0171. The van der Waals surface area contributed by atoms with Gasteiger partial charge in [0.2, 0.25) is 0 Å². The third-order valence-corrected chi connectivity index (χ3v) is 2.04. The van der Waals surface area contributed by atoms with Gasteiger partial charge in [-0.25, -0.2) is 4.99 Å². The van der Waals surface area contributed by atoms with Gasteiger partial charge in [0.25, 0.3) is 0 Å². The maximum atomic E-state index is 8.06. The second-order valence-corrected chi connectivity index (χ2v) is 6.90. The van der Waals surface area contributed by atoms with E-state index < -0.39 is 0 Å². The van der Waals surface area contributed by atoms with Gasteiger partial charge in [0.05, 0.1) is 19.4 Å². The molecule has 1 aliphatic rings. The van der Waals surface area contributed by atoms with Crippen molar-refractivity contribution in [1.82, 2.24) is 0 Å². The Labute approximate surface area is 187 Å². The first kappa shape index (κ1) is 34.9. The SMILES string of the molecule is CC(C)O.CC(C)O.CC(C)O.CCOC1=CN=C(OCC)[C@@H](C(C)C)[N-]1.[Ti]. The van der Waals surface area contributed by atoms with Crippen LogP contribution in [0.4, 0.5) is 0 Å². The van der Waals surface area contributed by atoms with Gasteiger partial charge in [-0.15, -0.1) is 0 Å². The quantitative estimate of drug-likeness (QED) is 0.578. The number of ether oxygens (including phenoxy) is 2. The number of aliphatic hydroxyl groups is 3. The van der Waals surface area contributed by atoms with Crippen molar-refractivity contribution in [1.29, 1.82) is 0 Å². The third kappa shape index (κ3) is 30.1. The topological polar surface area (TPSA) is 106 Å². The van der Waals surface area contributed by atoms with Crippen molar-refractivity contribution in [2.75, 3.05) is 13.2 Å². The number of rotatable bonds is 4. The van der Waals surface area contributed by atoms with Gasteiger partial charge in [0, 0.05) is 45.9 Å².